The molecule has 2 unspecified atom stereocenters. The lowest BCUT2D eigenvalue weighted by Gasteiger charge is -2.10. The van der Waals surface area contributed by atoms with Crippen molar-refractivity contribution in [1.29, 1.82) is 0 Å². The molecule has 15 heavy (non-hydrogen) atoms. The topological polar surface area (TPSA) is 66.4 Å². The quantitative estimate of drug-likeness (QED) is 0.305. The van der Waals surface area contributed by atoms with Gasteiger partial charge in [0.25, 0.3) is 0 Å². The fourth-order valence-electron chi connectivity index (χ4n) is 0.847. The summed E-state index contributed by atoms with van der Waals surface area (Å²) in [6.07, 6.45) is 1.70. The van der Waals surface area contributed by atoms with Gasteiger partial charge in [-0.15, -0.1) is 0 Å². The van der Waals surface area contributed by atoms with Gasteiger partial charge in [-0.25, -0.2) is 4.21 Å². The molecule has 0 heterocycles. The molecule has 2 N–H and O–H groups in total. The van der Waals surface area contributed by atoms with Crippen LogP contribution in [0.4, 0.5) is 0 Å². The van der Waals surface area contributed by atoms with Crippen molar-refractivity contribution in [2.24, 2.45) is 0 Å². The summed E-state index contributed by atoms with van der Waals surface area (Å²) >= 11 is -1.66. The Morgan fingerprint density at radius 2 is 2.20 bits per heavy atom. The van der Waals surface area contributed by atoms with E-state index in [2.05, 4.69) is 5.32 Å². The zero-order valence-electron chi connectivity index (χ0n) is 8.89. The van der Waals surface area contributed by atoms with E-state index in [4.69, 9.17) is 4.55 Å². The first-order valence-electron chi connectivity index (χ1n) is 4.65. The molecule has 0 rings (SSSR count). The van der Waals surface area contributed by atoms with Crippen LogP contribution in [0.3, 0.4) is 0 Å². The first kappa shape index (κ1) is 15.3. The van der Waals surface area contributed by atoms with E-state index in [0.29, 0.717) is 5.75 Å². The fourth-order valence-corrected chi connectivity index (χ4v) is 3.53. The Bertz CT molecular complexity index is 213. The van der Waals surface area contributed by atoms with Gasteiger partial charge < -0.3 is 9.87 Å². The summed E-state index contributed by atoms with van der Waals surface area (Å²) in [7, 11) is 3.29. The minimum Gasteiger partial charge on any atom is -0.344 e. The maximum Gasteiger partial charge on any atom is 0.217 e. The molecule has 90 valence electrons. The van der Waals surface area contributed by atoms with Gasteiger partial charge in [0.2, 0.25) is 5.91 Å². The number of unbranched alkanes of at least 4 members (excludes halogenated alkanes) is 1. The van der Waals surface area contributed by atoms with Crippen molar-refractivity contribution in [1.82, 2.24) is 5.32 Å². The van der Waals surface area contributed by atoms with Crippen molar-refractivity contribution in [2.45, 2.75) is 32.1 Å². The Balaban J connectivity index is 3.23. The molecular weight excluding hydrogens is 254 g/mol. The van der Waals surface area contributed by atoms with Crippen molar-refractivity contribution in [3.63, 3.8) is 0 Å². The van der Waals surface area contributed by atoms with Gasteiger partial charge in [0, 0.05) is 18.4 Å². The highest BCUT2D eigenvalue weighted by molar-refractivity contribution is 8.76. The predicted molar refractivity (Wildman–Crippen MR) is 68.2 cm³/mol. The summed E-state index contributed by atoms with van der Waals surface area (Å²) in [5, 5.41) is 2.88. The Kier molecular flexibility index (Phi) is 9.68. The number of nitrogens with one attached hydrogen (secondary N) is 1. The van der Waals surface area contributed by atoms with Crippen molar-refractivity contribution in [3.8, 4) is 0 Å². The van der Waals surface area contributed by atoms with E-state index in [1.807, 2.05) is 6.92 Å². The highest BCUT2D eigenvalue weighted by Crippen LogP contribution is 2.25. The molecule has 0 saturated heterocycles. The summed E-state index contributed by atoms with van der Waals surface area (Å²) in [5.41, 5.74) is 0. The Morgan fingerprint density at radius 3 is 2.73 bits per heavy atom. The third-order valence-electron chi connectivity index (χ3n) is 1.42. The maximum absolute atomic E-state index is 10.7. The van der Waals surface area contributed by atoms with Gasteiger partial charge in [-0.1, -0.05) is 21.6 Å². The Hall–Kier alpha value is 0.280. The Labute approximate surface area is 101 Å². The number of carbonyl (C=O) groups is 1. The van der Waals surface area contributed by atoms with Crippen LogP contribution in [0.1, 0.15) is 26.7 Å². The molecular formula is C8H17NO3S3. The minimum atomic E-state index is -1.66. The standard InChI is InChI=1S/C8H17NO3S3/c1-7(10)9-8(2)14-13-5-3-4-6-15(11)12/h8H,3-6H2,1-2H3,(H,9,10)(H,11,12). The molecule has 0 aliphatic carbocycles. The third-order valence-corrected chi connectivity index (χ3v) is 4.83. The van der Waals surface area contributed by atoms with Crippen molar-refractivity contribution >= 4 is 38.6 Å². The van der Waals surface area contributed by atoms with Crippen molar-refractivity contribution in [2.75, 3.05) is 11.5 Å². The average Bonchev–Trinajstić information content (AvgIpc) is 2.09. The SMILES string of the molecule is CC(=O)NC(C)SSCCCCS(=O)O. The molecule has 0 aromatic carbocycles. The lowest BCUT2D eigenvalue weighted by atomic mass is 10.4. The first-order valence-corrected chi connectivity index (χ1v) is 8.31. The number of hydrogen-bond acceptors (Lipinski definition) is 4. The normalized spacial score (nSPS) is 14.6. The number of rotatable bonds is 8. The molecule has 0 spiro atoms. The summed E-state index contributed by atoms with van der Waals surface area (Å²) < 4.78 is 18.8. The molecule has 0 aromatic rings. The largest absolute Gasteiger partial charge is 0.344 e. The molecule has 0 aromatic heterocycles. The van der Waals surface area contributed by atoms with Gasteiger partial charge in [0.15, 0.2) is 11.1 Å². The maximum atomic E-state index is 10.7. The molecule has 0 saturated carbocycles. The van der Waals surface area contributed by atoms with Gasteiger partial charge in [0.05, 0.1) is 5.37 Å². The fraction of sp³-hybridized carbons (Fsp3) is 0.875. The smallest absolute Gasteiger partial charge is 0.217 e. The first-order chi connectivity index (χ1) is 7.02. The van der Waals surface area contributed by atoms with E-state index in [1.54, 1.807) is 21.6 Å². The van der Waals surface area contributed by atoms with E-state index in [1.165, 1.54) is 6.92 Å². The molecule has 0 radical (unpaired) electrons. The number of amides is 1. The van der Waals surface area contributed by atoms with Crippen LogP contribution in [0.15, 0.2) is 0 Å². The molecule has 0 bridgehead atoms. The van der Waals surface area contributed by atoms with Crippen LogP contribution < -0.4 is 5.32 Å². The van der Waals surface area contributed by atoms with Gasteiger partial charge >= 0.3 is 0 Å². The molecule has 0 fully saturated rings. The zero-order chi connectivity index (χ0) is 11.7. The van der Waals surface area contributed by atoms with Crippen molar-refractivity contribution in [3.05, 3.63) is 0 Å². The Morgan fingerprint density at radius 1 is 1.53 bits per heavy atom. The summed E-state index contributed by atoms with van der Waals surface area (Å²) in [5.74, 6) is 1.27. The van der Waals surface area contributed by atoms with Gasteiger partial charge in [-0.05, 0) is 19.8 Å². The molecule has 2 atom stereocenters. The second-order valence-electron chi connectivity index (χ2n) is 2.99. The van der Waals surface area contributed by atoms with E-state index < -0.39 is 11.1 Å². The van der Waals surface area contributed by atoms with Crippen LogP contribution in [0.2, 0.25) is 0 Å². The highest BCUT2D eigenvalue weighted by Gasteiger charge is 2.03. The second-order valence-corrected chi connectivity index (χ2v) is 6.87. The molecule has 7 heteroatoms. The number of carbonyl (C=O) groups excluding carboxylic acids is 1. The third kappa shape index (κ3) is 12.2. The second kappa shape index (κ2) is 9.50. The molecule has 0 aliphatic heterocycles. The predicted octanol–water partition coefficient (Wildman–Crippen LogP) is 1.85. The van der Waals surface area contributed by atoms with Crippen LogP contribution in [0, 0.1) is 0 Å². The van der Waals surface area contributed by atoms with Crippen molar-refractivity contribution < 1.29 is 13.6 Å². The van der Waals surface area contributed by atoms with Crippen LogP contribution in [-0.2, 0) is 15.9 Å². The molecule has 4 nitrogen and oxygen atoms in total. The van der Waals surface area contributed by atoms with E-state index >= 15 is 0 Å². The summed E-state index contributed by atoms with van der Waals surface area (Å²) in [4.78, 5) is 10.7. The molecule has 0 aliphatic rings. The monoisotopic (exact) mass is 271 g/mol. The number of hydrogen-bond donors (Lipinski definition) is 2. The summed E-state index contributed by atoms with van der Waals surface area (Å²) in [6, 6.07) is 0. The van der Waals surface area contributed by atoms with Crippen LogP contribution in [-0.4, -0.2) is 31.5 Å². The van der Waals surface area contributed by atoms with Gasteiger partial charge in [-0.2, -0.15) is 0 Å². The highest BCUT2D eigenvalue weighted by atomic mass is 33.1. The van der Waals surface area contributed by atoms with Gasteiger partial charge in [0.1, 0.15) is 0 Å². The van der Waals surface area contributed by atoms with Crippen LogP contribution in [0.5, 0.6) is 0 Å². The lowest BCUT2D eigenvalue weighted by Crippen LogP contribution is -2.26. The van der Waals surface area contributed by atoms with E-state index in [-0.39, 0.29) is 11.3 Å². The van der Waals surface area contributed by atoms with Gasteiger partial charge in [-0.3, -0.25) is 4.79 Å². The van der Waals surface area contributed by atoms with E-state index in [0.717, 1.165) is 18.6 Å². The van der Waals surface area contributed by atoms with Crippen LogP contribution >= 0.6 is 21.6 Å². The minimum absolute atomic E-state index is 0.0220. The zero-order valence-corrected chi connectivity index (χ0v) is 11.3. The molecule has 1 amide bonds. The average molecular weight is 271 g/mol. The van der Waals surface area contributed by atoms with Crippen LogP contribution in [0.25, 0.3) is 0 Å². The summed E-state index contributed by atoms with van der Waals surface area (Å²) in [6.45, 7) is 3.43. The van der Waals surface area contributed by atoms with E-state index in [9.17, 15) is 9.00 Å². The lowest BCUT2D eigenvalue weighted by molar-refractivity contribution is -0.119.